The third-order valence-electron chi connectivity index (χ3n) is 3.25. The maximum atomic E-state index is 12.1. The van der Waals surface area contributed by atoms with Gasteiger partial charge in [-0.3, -0.25) is 19.7 Å². The molecule has 3 rings (SSSR count). The molecule has 1 aliphatic rings. The van der Waals surface area contributed by atoms with Crippen molar-refractivity contribution in [2.75, 3.05) is 23.1 Å². The Hall–Kier alpha value is -3.20. The van der Waals surface area contributed by atoms with Crippen molar-refractivity contribution in [2.24, 2.45) is 0 Å². The first-order valence-corrected chi connectivity index (χ1v) is 7.61. The number of ketones is 1. The second-order valence-corrected chi connectivity index (χ2v) is 5.73. The average molecular weight is 345 g/mol. The van der Waals surface area contributed by atoms with Crippen molar-refractivity contribution in [3.8, 4) is 0 Å². The van der Waals surface area contributed by atoms with E-state index in [2.05, 4.69) is 20.7 Å². The number of fused-ring (bicyclic) bond motifs is 1. The summed E-state index contributed by atoms with van der Waals surface area (Å²) in [6.45, 7) is 0. The molecule has 0 atom stereocenters. The van der Waals surface area contributed by atoms with Gasteiger partial charge >= 0.3 is 6.09 Å². The van der Waals surface area contributed by atoms with E-state index in [-0.39, 0.29) is 28.5 Å². The van der Waals surface area contributed by atoms with Crippen LogP contribution in [-0.2, 0) is 9.53 Å². The Morgan fingerprint density at radius 3 is 2.67 bits per heavy atom. The Balaban J connectivity index is 1.97. The number of carbonyl (C=O) groups excluding carboxylic acids is 4. The SMILES string of the molecule is COC(=O)Nc1cc(NC(=O)c2cccs2)cc2c1NC(=O)C2=O. The van der Waals surface area contributed by atoms with Gasteiger partial charge in [0.25, 0.3) is 17.6 Å². The minimum Gasteiger partial charge on any atom is -0.453 e. The number of thiophene rings is 1. The van der Waals surface area contributed by atoms with Gasteiger partial charge in [-0.2, -0.15) is 0 Å². The molecule has 0 saturated carbocycles. The molecule has 2 heterocycles. The van der Waals surface area contributed by atoms with E-state index in [1.807, 2.05) is 0 Å². The van der Waals surface area contributed by atoms with Crippen molar-refractivity contribution in [3.05, 3.63) is 40.1 Å². The summed E-state index contributed by atoms with van der Waals surface area (Å²) in [6, 6.07) is 6.19. The lowest BCUT2D eigenvalue weighted by Crippen LogP contribution is -2.14. The first-order chi connectivity index (χ1) is 11.5. The van der Waals surface area contributed by atoms with Gasteiger partial charge in [-0.15, -0.1) is 11.3 Å². The Labute approximate surface area is 139 Å². The summed E-state index contributed by atoms with van der Waals surface area (Å²) < 4.78 is 4.51. The van der Waals surface area contributed by atoms with Crippen molar-refractivity contribution >= 4 is 52.1 Å². The second kappa shape index (κ2) is 6.13. The maximum Gasteiger partial charge on any atom is 0.411 e. The Bertz CT molecular complexity index is 860. The van der Waals surface area contributed by atoms with Gasteiger partial charge in [0.15, 0.2) is 0 Å². The van der Waals surface area contributed by atoms with Crippen LogP contribution in [0.25, 0.3) is 0 Å². The number of anilines is 3. The van der Waals surface area contributed by atoms with E-state index >= 15 is 0 Å². The number of hydrogen-bond acceptors (Lipinski definition) is 6. The quantitative estimate of drug-likeness (QED) is 0.739. The zero-order valence-electron chi connectivity index (χ0n) is 12.3. The summed E-state index contributed by atoms with van der Waals surface area (Å²) >= 11 is 1.26. The largest absolute Gasteiger partial charge is 0.453 e. The van der Waals surface area contributed by atoms with E-state index in [9.17, 15) is 19.2 Å². The fraction of sp³-hybridized carbons (Fsp3) is 0.0667. The van der Waals surface area contributed by atoms with Gasteiger partial charge in [0, 0.05) is 5.69 Å². The zero-order valence-corrected chi connectivity index (χ0v) is 13.2. The summed E-state index contributed by atoms with van der Waals surface area (Å²) in [5.74, 6) is -1.91. The highest BCUT2D eigenvalue weighted by Crippen LogP contribution is 2.35. The van der Waals surface area contributed by atoms with Crippen LogP contribution in [-0.4, -0.2) is 30.8 Å². The van der Waals surface area contributed by atoms with Gasteiger partial charge in [0.05, 0.1) is 28.9 Å². The number of methoxy groups -OCH3 is 1. The number of carbonyl (C=O) groups is 4. The predicted molar refractivity (Wildman–Crippen MR) is 87.7 cm³/mol. The minimum atomic E-state index is -0.806. The maximum absolute atomic E-state index is 12.1. The molecule has 0 aliphatic carbocycles. The fourth-order valence-corrected chi connectivity index (χ4v) is 2.80. The van der Waals surface area contributed by atoms with Crippen molar-refractivity contribution in [2.45, 2.75) is 0 Å². The van der Waals surface area contributed by atoms with Gasteiger partial charge in [-0.25, -0.2) is 4.79 Å². The molecule has 122 valence electrons. The standard InChI is InChI=1S/C15H11N3O5S/c1-23-15(22)17-9-6-7(16-13(20)10-3-2-4-24-10)5-8-11(9)18-14(21)12(8)19/h2-6H,1H3,(H,16,20)(H,17,22)(H,18,19,21). The third kappa shape index (κ3) is 2.84. The highest BCUT2D eigenvalue weighted by molar-refractivity contribution is 7.12. The second-order valence-electron chi connectivity index (χ2n) is 4.78. The molecule has 1 aliphatic heterocycles. The van der Waals surface area contributed by atoms with Crippen LogP contribution in [0.5, 0.6) is 0 Å². The lowest BCUT2D eigenvalue weighted by atomic mass is 10.1. The third-order valence-corrected chi connectivity index (χ3v) is 4.12. The Morgan fingerprint density at radius 1 is 1.21 bits per heavy atom. The molecule has 0 unspecified atom stereocenters. The lowest BCUT2D eigenvalue weighted by Gasteiger charge is -2.12. The van der Waals surface area contributed by atoms with Crippen LogP contribution in [0.1, 0.15) is 20.0 Å². The topological polar surface area (TPSA) is 114 Å². The van der Waals surface area contributed by atoms with Crippen LogP contribution >= 0.6 is 11.3 Å². The van der Waals surface area contributed by atoms with Crippen LogP contribution in [0.3, 0.4) is 0 Å². The van der Waals surface area contributed by atoms with Crippen molar-refractivity contribution in [1.82, 2.24) is 0 Å². The highest BCUT2D eigenvalue weighted by Gasteiger charge is 2.31. The van der Waals surface area contributed by atoms with Crippen molar-refractivity contribution < 1.29 is 23.9 Å². The monoisotopic (exact) mass is 345 g/mol. The number of hydrogen-bond donors (Lipinski definition) is 3. The number of nitrogens with one attached hydrogen (secondary N) is 3. The van der Waals surface area contributed by atoms with Gasteiger partial charge in [-0.05, 0) is 23.6 Å². The van der Waals surface area contributed by atoms with Crippen LogP contribution < -0.4 is 16.0 Å². The van der Waals surface area contributed by atoms with Crippen LogP contribution in [0, 0.1) is 0 Å². The van der Waals surface area contributed by atoms with E-state index in [1.165, 1.54) is 30.6 Å². The van der Waals surface area contributed by atoms with E-state index in [0.29, 0.717) is 4.88 Å². The van der Waals surface area contributed by atoms with Crippen LogP contribution in [0.2, 0.25) is 0 Å². The molecular weight excluding hydrogens is 334 g/mol. The van der Waals surface area contributed by atoms with Gasteiger partial charge in [0.1, 0.15) is 0 Å². The molecule has 3 N–H and O–H groups in total. The molecule has 3 amide bonds. The van der Waals surface area contributed by atoms with E-state index in [1.54, 1.807) is 17.5 Å². The normalized spacial score (nSPS) is 12.4. The summed E-state index contributed by atoms with van der Waals surface area (Å²) in [4.78, 5) is 47.5. The summed E-state index contributed by atoms with van der Waals surface area (Å²) in [5.41, 5.74) is 0.656. The number of rotatable bonds is 3. The average Bonchev–Trinajstić information content (AvgIpc) is 3.18. The first kappa shape index (κ1) is 15.7. The zero-order chi connectivity index (χ0) is 17.3. The smallest absolute Gasteiger partial charge is 0.411 e. The summed E-state index contributed by atoms with van der Waals surface area (Å²) in [6.07, 6.45) is -0.771. The predicted octanol–water partition coefficient (Wildman–Crippen LogP) is 2.31. The molecular formula is C15H11N3O5S. The molecule has 0 fully saturated rings. The van der Waals surface area contributed by atoms with E-state index < -0.39 is 17.8 Å². The summed E-state index contributed by atoms with van der Waals surface area (Å²) in [7, 11) is 1.18. The molecule has 2 aromatic rings. The summed E-state index contributed by atoms with van der Waals surface area (Å²) in [5, 5.41) is 9.18. The Morgan fingerprint density at radius 2 is 2.00 bits per heavy atom. The molecule has 0 bridgehead atoms. The van der Waals surface area contributed by atoms with E-state index in [0.717, 1.165) is 0 Å². The lowest BCUT2D eigenvalue weighted by molar-refractivity contribution is -0.112. The fourth-order valence-electron chi connectivity index (χ4n) is 2.18. The highest BCUT2D eigenvalue weighted by atomic mass is 32.1. The number of benzene rings is 1. The molecule has 0 saturated heterocycles. The Kier molecular flexibility index (Phi) is 4.00. The molecule has 0 radical (unpaired) electrons. The minimum absolute atomic E-state index is 0.0652. The molecule has 24 heavy (non-hydrogen) atoms. The van der Waals surface area contributed by atoms with Crippen molar-refractivity contribution in [3.63, 3.8) is 0 Å². The van der Waals surface area contributed by atoms with Gasteiger partial charge < -0.3 is 15.4 Å². The van der Waals surface area contributed by atoms with Crippen LogP contribution in [0.4, 0.5) is 21.9 Å². The molecule has 9 heteroatoms. The van der Waals surface area contributed by atoms with Crippen LogP contribution in [0.15, 0.2) is 29.6 Å². The molecule has 1 aromatic carbocycles. The molecule has 1 aromatic heterocycles. The van der Waals surface area contributed by atoms with Gasteiger partial charge in [0.2, 0.25) is 0 Å². The number of amides is 3. The number of Topliss-reactive ketones (excluding diaryl/α,β-unsaturated/α-hetero) is 1. The molecule has 0 spiro atoms. The van der Waals surface area contributed by atoms with Gasteiger partial charge in [-0.1, -0.05) is 6.07 Å². The molecule has 8 nitrogen and oxygen atoms in total. The first-order valence-electron chi connectivity index (χ1n) is 6.73. The number of ether oxygens (including phenoxy) is 1. The van der Waals surface area contributed by atoms with E-state index in [4.69, 9.17) is 0 Å². The van der Waals surface area contributed by atoms with Crippen molar-refractivity contribution in [1.29, 1.82) is 0 Å².